The first-order chi connectivity index (χ1) is 9.09. The summed E-state index contributed by atoms with van der Waals surface area (Å²) in [5.74, 6) is 0.956. The Morgan fingerprint density at radius 3 is 2.68 bits per heavy atom. The lowest BCUT2D eigenvalue weighted by atomic mass is 10.1. The smallest absolute Gasteiger partial charge is 0.303 e. The van der Waals surface area contributed by atoms with Crippen LogP contribution in [0.3, 0.4) is 0 Å². The van der Waals surface area contributed by atoms with E-state index < -0.39 is 5.97 Å². The molecule has 0 aliphatic heterocycles. The third-order valence-electron chi connectivity index (χ3n) is 3.55. The van der Waals surface area contributed by atoms with Crippen molar-refractivity contribution in [3.8, 4) is 0 Å². The van der Waals surface area contributed by atoms with Gasteiger partial charge in [-0.1, -0.05) is 24.3 Å². The van der Waals surface area contributed by atoms with Gasteiger partial charge < -0.3 is 10.2 Å². The monoisotopic (exact) mass is 266 g/mol. The van der Waals surface area contributed by atoms with Gasteiger partial charge in [0.1, 0.15) is 0 Å². The van der Waals surface area contributed by atoms with Crippen LogP contribution < -0.4 is 0 Å². The molecule has 0 heterocycles. The summed E-state index contributed by atoms with van der Waals surface area (Å²) in [5, 5.41) is 17.6. The Labute approximate surface area is 116 Å². The molecule has 1 aliphatic carbocycles. The Bertz CT molecular complexity index is 318. The van der Waals surface area contributed by atoms with Crippen molar-refractivity contribution in [3.05, 3.63) is 24.3 Å². The van der Waals surface area contributed by atoms with Crippen molar-refractivity contribution in [3.63, 3.8) is 0 Å². The number of hydrogen-bond donors (Lipinski definition) is 2. The zero-order valence-corrected chi connectivity index (χ0v) is 11.8. The molecule has 0 radical (unpaired) electrons. The summed E-state index contributed by atoms with van der Waals surface area (Å²) in [6.45, 7) is 1.77. The molecular formula is C16H26O3. The largest absolute Gasteiger partial charge is 0.481 e. The Kier molecular flexibility index (Phi) is 7.49. The summed E-state index contributed by atoms with van der Waals surface area (Å²) < 4.78 is 0. The third-order valence-corrected chi connectivity index (χ3v) is 3.55. The number of aliphatic hydroxyl groups is 1. The van der Waals surface area contributed by atoms with Gasteiger partial charge in [0, 0.05) is 6.42 Å². The van der Waals surface area contributed by atoms with Gasteiger partial charge in [-0.3, -0.25) is 4.79 Å². The van der Waals surface area contributed by atoms with Crippen molar-refractivity contribution < 1.29 is 15.0 Å². The molecule has 3 nitrogen and oxygen atoms in total. The number of rotatable bonds is 10. The Balaban J connectivity index is 1.94. The normalized spacial score (nSPS) is 24.1. The number of unbranched alkanes of at least 4 members (excludes halogenated alkanes) is 1. The van der Waals surface area contributed by atoms with Gasteiger partial charge in [-0.05, 0) is 57.3 Å². The molecular weight excluding hydrogens is 240 g/mol. The Morgan fingerprint density at radius 1 is 1.26 bits per heavy atom. The molecule has 0 aromatic heterocycles. The highest BCUT2D eigenvalue weighted by molar-refractivity contribution is 5.66. The van der Waals surface area contributed by atoms with E-state index in [9.17, 15) is 4.79 Å². The van der Waals surface area contributed by atoms with E-state index in [-0.39, 0.29) is 12.5 Å². The van der Waals surface area contributed by atoms with Crippen LogP contribution in [0.4, 0.5) is 0 Å². The fourth-order valence-electron chi connectivity index (χ4n) is 2.32. The van der Waals surface area contributed by atoms with Gasteiger partial charge in [0.05, 0.1) is 6.10 Å². The summed E-state index contributed by atoms with van der Waals surface area (Å²) in [6, 6.07) is 0. The topological polar surface area (TPSA) is 57.5 Å². The molecule has 3 heteroatoms. The Morgan fingerprint density at radius 2 is 2.00 bits per heavy atom. The first-order valence-corrected chi connectivity index (χ1v) is 7.31. The lowest BCUT2D eigenvalue weighted by Crippen LogP contribution is -1.92. The SMILES string of the molecule is CC(O)/C=C/C[C@H]1C[C@@H]1CC/C=C\CCCC(=O)O. The Hall–Kier alpha value is -1.09. The molecule has 1 saturated carbocycles. The maximum absolute atomic E-state index is 10.3. The molecule has 0 spiro atoms. The number of carboxylic acids is 1. The van der Waals surface area contributed by atoms with Gasteiger partial charge in [-0.15, -0.1) is 0 Å². The molecule has 0 saturated heterocycles. The van der Waals surface area contributed by atoms with Crippen LogP contribution >= 0.6 is 0 Å². The van der Waals surface area contributed by atoms with Gasteiger partial charge in [-0.2, -0.15) is 0 Å². The summed E-state index contributed by atoms with van der Waals surface area (Å²) in [4.78, 5) is 10.3. The van der Waals surface area contributed by atoms with Crippen LogP contribution in [-0.2, 0) is 4.79 Å². The van der Waals surface area contributed by atoms with Crippen molar-refractivity contribution in [1.82, 2.24) is 0 Å². The molecule has 1 aliphatic rings. The second-order valence-electron chi connectivity index (χ2n) is 5.50. The minimum atomic E-state index is -0.709. The summed E-state index contributed by atoms with van der Waals surface area (Å²) in [6.07, 6.45) is 14.5. The van der Waals surface area contributed by atoms with E-state index in [1.165, 1.54) is 12.8 Å². The number of aliphatic carboxylic acids is 1. The van der Waals surface area contributed by atoms with Crippen LogP contribution in [0, 0.1) is 11.8 Å². The zero-order valence-electron chi connectivity index (χ0n) is 11.8. The molecule has 1 rings (SSSR count). The predicted octanol–water partition coefficient (Wildman–Crippen LogP) is 3.54. The molecule has 1 fully saturated rings. The first kappa shape index (κ1) is 16.0. The fourth-order valence-corrected chi connectivity index (χ4v) is 2.32. The average Bonchev–Trinajstić information content (AvgIpc) is 3.05. The van der Waals surface area contributed by atoms with Crippen LogP contribution in [0.5, 0.6) is 0 Å². The van der Waals surface area contributed by atoms with Crippen LogP contribution in [0.15, 0.2) is 24.3 Å². The summed E-state index contributed by atoms with van der Waals surface area (Å²) >= 11 is 0. The van der Waals surface area contributed by atoms with Crippen molar-refractivity contribution in [2.24, 2.45) is 11.8 Å². The van der Waals surface area contributed by atoms with Crippen molar-refractivity contribution in [2.75, 3.05) is 0 Å². The number of aliphatic hydroxyl groups excluding tert-OH is 1. The number of carboxylic acid groups (broad SMARTS) is 1. The van der Waals surface area contributed by atoms with Crippen LogP contribution in [0.1, 0.15) is 51.9 Å². The lowest BCUT2D eigenvalue weighted by Gasteiger charge is -1.96. The molecule has 1 unspecified atom stereocenters. The predicted molar refractivity (Wildman–Crippen MR) is 76.9 cm³/mol. The zero-order chi connectivity index (χ0) is 14.1. The van der Waals surface area contributed by atoms with Gasteiger partial charge in [-0.25, -0.2) is 0 Å². The molecule has 2 N–H and O–H groups in total. The van der Waals surface area contributed by atoms with Crippen LogP contribution in [-0.4, -0.2) is 22.3 Å². The molecule has 0 aromatic rings. The maximum atomic E-state index is 10.3. The van der Waals surface area contributed by atoms with Gasteiger partial charge in [0.2, 0.25) is 0 Å². The number of allylic oxidation sites excluding steroid dienone is 3. The van der Waals surface area contributed by atoms with E-state index in [0.717, 1.165) is 37.5 Å². The van der Waals surface area contributed by atoms with Gasteiger partial charge in [0.25, 0.3) is 0 Å². The quantitative estimate of drug-likeness (QED) is 0.469. The van der Waals surface area contributed by atoms with Crippen LogP contribution in [0.2, 0.25) is 0 Å². The molecule has 0 amide bonds. The highest BCUT2D eigenvalue weighted by Crippen LogP contribution is 2.44. The van der Waals surface area contributed by atoms with Crippen molar-refractivity contribution in [1.29, 1.82) is 0 Å². The third kappa shape index (κ3) is 8.60. The summed E-state index contributed by atoms with van der Waals surface area (Å²) in [5.41, 5.74) is 0. The second kappa shape index (κ2) is 8.92. The molecule has 0 bridgehead atoms. The summed E-state index contributed by atoms with van der Waals surface area (Å²) in [7, 11) is 0. The van der Waals surface area contributed by atoms with Crippen LogP contribution in [0.25, 0.3) is 0 Å². The highest BCUT2D eigenvalue weighted by Gasteiger charge is 2.34. The number of carbonyl (C=O) groups is 1. The number of hydrogen-bond acceptors (Lipinski definition) is 2. The van der Waals surface area contributed by atoms with Crippen molar-refractivity contribution in [2.45, 2.75) is 58.0 Å². The van der Waals surface area contributed by atoms with E-state index in [1.54, 1.807) is 6.92 Å². The molecule has 0 aromatic carbocycles. The van der Waals surface area contributed by atoms with Gasteiger partial charge in [0.15, 0.2) is 0 Å². The maximum Gasteiger partial charge on any atom is 0.303 e. The van der Waals surface area contributed by atoms with E-state index in [1.807, 2.05) is 6.08 Å². The highest BCUT2D eigenvalue weighted by atomic mass is 16.4. The molecule has 108 valence electrons. The first-order valence-electron chi connectivity index (χ1n) is 7.31. The molecule has 19 heavy (non-hydrogen) atoms. The van der Waals surface area contributed by atoms with E-state index >= 15 is 0 Å². The lowest BCUT2D eigenvalue weighted by molar-refractivity contribution is -0.137. The second-order valence-corrected chi connectivity index (χ2v) is 5.50. The standard InChI is InChI=1S/C16H26O3/c1-13(17)8-7-10-15-12-14(15)9-5-3-2-4-6-11-16(18)19/h2-3,7-8,13-15,17H,4-6,9-12H2,1H3,(H,18,19)/b3-2-,8-7+/t13?,14-,15-/m0/s1. The van der Waals surface area contributed by atoms with E-state index in [4.69, 9.17) is 10.2 Å². The minimum Gasteiger partial charge on any atom is -0.481 e. The van der Waals surface area contributed by atoms with E-state index in [0.29, 0.717) is 0 Å². The van der Waals surface area contributed by atoms with Gasteiger partial charge >= 0.3 is 5.97 Å². The fraction of sp³-hybridized carbons (Fsp3) is 0.688. The average molecular weight is 266 g/mol. The molecule has 3 atom stereocenters. The van der Waals surface area contributed by atoms with Crippen molar-refractivity contribution >= 4 is 5.97 Å². The minimum absolute atomic E-state index is 0.269. The van der Waals surface area contributed by atoms with E-state index in [2.05, 4.69) is 18.2 Å².